The van der Waals surface area contributed by atoms with Gasteiger partial charge in [-0.3, -0.25) is 0 Å². The molecule has 1 fully saturated rings. The lowest BCUT2D eigenvalue weighted by molar-refractivity contribution is -0.171. The molecule has 3 aromatic rings. The highest BCUT2D eigenvalue weighted by Crippen LogP contribution is 2.32. The molecular weight excluding hydrogens is 473 g/mol. The molecule has 0 aromatic heterocycles. The zero-order valence-electron chi connectivity index (χ0n) is 19.0. The first-order valence-electron chi connectivity index (χ1n) is 11.1. The van der Waals surface area contributed by atoms with E-state index in [9.17, 15) is 4.79 Å². The molecule has 0 spiro atoms. The Kier molecular flexibility index (Phi) is 7.60. The third-order valence-corrected chi connectivity index (χ3v) is 6.06. The van der Waals surface area contributed by atoms with Gasteiger partial charge >= 0.3 is 5.97 Å². The number of hydrogen-bond donors (Lipinski definition) is 1. The van der Waals surface area contributed by atoms with Crippen molar-refractivity contribution in [3.63, 3.8) is 0 Å². The number of rotatable bonds is 7. The van der Waals surface area contributed by atoms with Crippen LogP contribution in [0.2, 0.25) is 10.0 Å². The van der Waals surface area contributed by atoms with Crippen molar-refractivity contribution in [2.24, 2.45) is 5.73 Å². The van der Waals surface area contributed by atoms with Crippen molar-refractivity contribution in [2.75, 3.05) is 0 Å². The SMILES string of the molecule is CC1(C)O[C@H]([C@H](N)Cc2ccc(-c3cc(Cl)cc(Cl)c3)cc2)[C@@H](C(=O)OCc2ccccc2)O1. The third kappa shape index (κ3) is 6.17. The van der Waals surface area contributed by atoms with Crippen LogP contribution in [0.15, 0.2) is 72.8 Å². The molecule has 3 aromatic carbocycles. The molecule has 0 aliphatic carbocycles. The van der Waals surface area contributed by atoms with E-state index in [1.165, 1.54) is 0 Å². The second-order valence-electron chi connectivity index (χ2n) is 8.84. The summed E-state index contributed by atoms with van der Waals surface area (Å²) in [6.07, 6.45) is -1.03. The maximum atomic E-state index is 12.8. The van der Waals surface area contributed by atoms with Gasteiger partial charge in [0.1, 0.15) is 12.7 Å². The third-order valence-electron chi connectivity index (χ3n) is 5.63. The van der Waals surface area contributed by atoms with Crippen LogP contribution in [0, 0.1) is 0 Å². The molecular formula is C27H27Cl2NO4. The van der Waals surface area contributed by atoms with Gasteiger partial charge in [-0.05, 0) is 60.7 Å². The van der Waals surface area contributed by atoms with Crippen molar-refractivity contribution in [2.45, 2.75) is 50.9 Å². The first kappa shape index (κ1) is 24.7. The van der Waals surface area contributed by atoms with Crippen LogP contribution in [0.4, 0.5) is 0 Å². The molecule has 1 heterocycles. The second kappa shape index (κ2) is 10.5. The van der Waals surface area contributed by atoms with E-state index >= 15 is 0 Å². The van der Waals surface area contributed by atoms with Crippen LogP contribution in [0.3, 0.4) is 0 Å². The molecule has 5 nitrogen and oxygen atoms in total. The van der Waals surface area contributed by atoms with E-state index in [4.69, 9.17) is 43.1 Å². The molecule has 0 amide bonds. The minimum absolute atomic E-state index is 0.164. The Labute approximate surface area is 209 Å². The Morgan fingerprint density at radius 3 is 2.24 bits per heavy atom. The Morgan fingerprint density at radius 1 is 0.941 bits per heavy atom. The standard InChI is InChI=1S/C27H27Cl2NO4/c1-27(2)33-24(25(34-27)26(31)32-16-18-6-4-3-5-7-18)23(30)12-17-8-10-19(11-9-17)20-13-21(28)15-22(29)14-20/h3-11,13-15,23-25H,12,16,30H2,1-2H3/t23-,24-,25+/m1/s1. The maximum Gasteiger partial charge on any atom is 0.338 e. The smallest absolute Gasteiger partial charge is 0.338 e. The zero-order valence-corrected chi connectivity index (χ0v) is 20.6. The monoisotopic (exact) mass is 499 g/mol. The zero-order chi connectivity index (χ0) is 24.3. The lowest BCUT2D eigenvalue weighted by atomic mass is 9.96. The molecule has 3 atom stereocenters. The first-order valence-corrected chi connectivity index (χ1v) is 11.8. The molecule has 0 saturated carbocycles. The summed E-state index contributed by atoms with van der Waals surface area (Å²) >= 11 is 12.3. The number of ether oxygens (including phenoxy) is 3. The predicted octanol–water partition coefficient (Wildman–Crippen LogP) is 5.79. The Balaban J connectivity index is 1.42. The average Bonchev–Trinajstić information content (AvgIpc) is 3.14. The molecule has 1 aliphatic rings. The summed E-state index contributed by atoms with van der Waals surface area (Å²) in [5.41, 5.74) is 10.3. The minimum Gasteiger partial charge on any atom is -0.459 e. The summed E-state index contributed by atoms with van der Waals surface area (Å²) in [4.78, 5) is 12.8. The Morgan fingerprint density at radius 2 is 1.59 bits per heavy atom. The molecule has 4 rings (SSSR count). The van der Waals surface area contributed by atoms with E-state index in [0.717, 1.165) is 22.3 Å². The fourth-order valence-corrected chi connectivity index (χ4v) is 4.56. The fourth-order valence-electron chi connectivity index (χ4n) is 4.04. The van der Waals surface area contributed by atoms with E-state index in [2.05, 4.69) is 0 Å². The van der Waals surface area contributed by atoms with Crippen LogP contribution in [0.1, 0.15) is 25.0 Å². The molecule has 0 unspecified atom stereocenters. The summed E-state index contributed by atoms with van der Waals surface area (Å²) in [6, 6.07) is 22.4. The van der Waals surface area contributed by atoms with Gasteiger partial charge in [0.05, 0.1) is 0 Å². The van der Waals surface area contributed by atoms with Gasteiger partial charge < -0.3 is 19.9 Å². The van der Waals surface area contributed by atoms with E-state index in [0.29, 0.717) is 16.5 Å². The fraction of sp³-hybridized carbons (Fsp3) is 0.296. The van der Waals surface area contributed by atoms with Gasteiger partial charge in [0, 0.05) is 16.1 Å². The summed E-state index contributed by atoms with van der Waals surface area (Å²) in [6.45, 7) is 3.70. The lowest BCUT2D eigenvalue weighted by Gasteiger charge is -2.23. The van der Waals surface area contributed by atoms with Crippen molar-refractivity contribution in [3.05, 3.63) is 94.0 Å². The van der Waals surface area contributed by atoms with Gasteiger partial charge in [0.2, 0.25) is 0 Å². The van der Waals surface area contributed by atoms with Crippen LogP contribution in [-0.2, 0) is 32.0 Å². The second-order valence-corrected chi connectivity index (χ2v) is 9.71. The van der Waals surface area contributed by atoms with Crippen LogP contribution in [0.25, 0.3) is 11.1 Å². The van der Waals surface area contributed by atoms with Crippen molar-refractivity contribution in [1.29, 1.82) is 0 Å². The summed E-state index contributed by atoms with van der Waals surface area (Å²) in [5.74, 6) is -1.42. The molecule has 1 aliphatic heterocycles. The van der Waals surface area contributed by atoms with Crippen LogP contribution < -0.4 is 5.73 Å². The van der Waals surface area contributed by atoms with Gasteiger partial charge in [0.15, 0.2) is 11.9 Å². The normalized spacial score (nSPS) is 20.1. The van der Waals surface area contributed by atoms with Crippen molar-refractivity contribution >= 4 is 29.2 Å². The quantitative estimate of drug-likeness (QED) is 0.416. The summed E-state index contributed by atoms with van der Waals surface area (Å²) < 4.78 is 17.4. The van der Waals surface area contributed by atoms with Gasteiger partial charge in [0.25, 0.3) is 0 Å². The first-order chi connectivity index (χ1) is 16.2. The highest BCUT2D eigenvalue weighted by Gasteiger charge is 2.48. The van der Waals surface area contributed by atoms with Crippen molar-refractivity contribution in [3.8, 4) is 11.1 Å². The largest absolute Gasteiger partial charge is 0.459 e. The molecule has 7 heteroatoms. The number of halogens is 2. The average molecular weight is 500 g/mol. The van der Waals surface area contributed by atoms with E-state index < -0.39 is 30.0 Å². The maximum absolute atomic E-state index is 12.8. The van der Waals surface area contributed by atoms with Gasteiger partial charge in [-0.2, -0.15) is 0 Å². The summed E-state index contributed by atoms with van der Waals surface area (Å²) in [7, 11) is 0. The van der Waals surface area contributed by atoms with E-state index in [1.807, 2.05) is 66.7 Å². The topological polar surface area (TPSA) is 70.8 Å². The number of esters is 1. The number of hydrogen-bond acceptors (Lipinski definition) is 5. The predicted molar refractivity (Wildman–Crippen MR) is 134 cm³/mol. The van der Waals surface area contributed by atoms with Crippen LogP contribution in [-0.4, -0.2) is 30.0 Å². The molecule has 34 heavy (non-hydrogen) atoms. The van der Waals surface area contributed by atoms with E-state index in [1.54, 1.807) is 19.9 Å². The number of carbonyl (C=O) groups is 1. The van der Waals surface area contributed by atoms with E-state index in [-0.39, 0.29) is 6.61 Å². The minimum atomic E-state index is -0.936. The van der Waals surface area contributed by atoms with Gasteiger partial charge in [-0.15, -0.1) is 0 Å². The molecule has 1 saturated heterocycles. The molecule has 2 N–H and O–H groups in total. The lowest BCUT2D eigenvalue weighted by Crippen LogP contribution is -2.46. The molecule has 0 bridgehead atoms. The van der Waals surface area contributed by atoms with Gasteiger partial charge in [-0.25, -0.2) is 4.79 Å². The summed E-state index contributed by atoms with van der Waals surface area (Å²) in [5, 5.41) is 1.17. The highest BCUT2D eigenvalue weighted by molar-refractivity contribution is 6.35. The number of benzene rings is 3. The highest BCUT2D eigenvalue weighted by atomic mass is 35.5. The van der Waals surface area contributed by atoms with Crippen molar-refractivity contribution < 1.29 is 19.0 Å². The van der Waals surface area contributed by atoms with Crippen LogP contribution in [0.5, 0.6) is 0 Å². The molecule has 178 valence electrons. The van der Waals surface area contributed by atoms with Gasteiger partial charge in [-0.1, -0.05) is 77.8 Å². The molecule has 0 radical (unpaired) electrons. The Hall–Kier alpha value is -2.41. The number of carbonyl (C=O) groups excluding carboxylic acids is 1. The van der Waals surface area contributed by atoms with Crippen LogP contribution >= 0.6 is 23.2 Å². The Bertz CT molecular complexity index is 1110. The number of nitrogens with two attached hydrogens (primary N) is 1. The van der Waals surface area contributed by atoms with Crippen molar-refractivity contribution in [1.82, 2.24) is 0 Å².